The van der Waals surface area contributed by atoms with Crippen LogP contribution in [0.15, 0.2) is 48.5 Å². The van der Waals surface area contributed by atoms with Gasteiger partial charge >= 0.3 is 0 Å². The van der Waals surface area contributed by atoms with Crippen LogP contribution in [0.1, 0.15) is 53.4 Å². The van der Waals surface area contributed by atoms with Gasteiger partial charge in [0.1, 0.15) is 0 Å². The van der Waals surface area contributed by atoms with E-state index in [1.807, 2.05) is 31.2 Å². The SMILES string of the molecule is CCCCCc1ccc(-c2cc(C(N)=O)c(C)n2Cc2ccc(OC)c(OC)c2)cc1. The smallest absolute Gasteiger partial charge is 0.250 e. The Labute approximate surface area is 184 Å². The highest BCUT2D eigenvalue weighted by molar-refractivity contribution is 5.95. The molecule has 2 N–H and O–H groups in total. The zero-order valence-corrected chi connectivity index (χ0v) is 18.9. The maximum atomic E-state index is 12.0. The topological polar surface area (TPSA) is 66.5 Å². The number of methoxy groups -OCH3 is 2. The normalized spacial score (nSPS) is 10.8. The lowest BCUT2D eigenvalue weighted by atomic mass is 10.0. The highest BCUT2D eigenvalue weighted by Gasteiger charge is 2.17. The molecular weight excluding hydrogens is 388 g/mol. The summed E-state index contributed by atoms with van der Waals surface area (Å²) >= 11 is 0. The standard InChI is InChI=1S/C26H32N2O3/c1-5-6-7-8-19-9-12-21(13-10-19)23-16-22(26(27)29)18(2)28(23)17-20-11-14-24(30-3)25(15-20)31-4/h9-16H,5-8,17H2,1-4H3,(H2,27,29). The minimum Gasteiger partial charge on any atom is -0.493 e. The number of aromatic nitrogens is 1. The third-order valence-corrected chi connectivity index (χ3v) is 5.74. The Kier molecular flexibility index (Phi) is 7.40. The molecule has 2 aromatic carbocycles. The maximum absolute atomic E-state index is 12.0. The number of amides is 1. The highest BCUT2D eigenvalue weighted by atomic mass is 16.5. The predicted octanol–water partition coefficient (Wildman–Crippen LogP) is 5.36. The van der Waals surface area contributed by atoms with E-state index in [9.17, 15) is 4.79 Å². The van der Waals surface area contributed by atoms with E-state index in [0.717, 1.165) is 28.9 Å². The van der Waals surface area contributed by atoms with E-state index < -0.39 is 5.91 Å². The molecule has 3 rings (SSSR count). The lowest BCUT2D eigenvalue weighted by Crippen LogP contribution is -2.12. The number of carbonyl (C=O) groups excluding carboxylic acids is 1. The Bertz CT molecular complexity index is 1040. The first-order valence-electron chi connectivity index (χ1n) is 10.8. The van der Waals surface area contributed by atoms with Gasteiger partial charge in [-0.25, -0.2) is 0 Å². The lowest BCUT2D eigenvalue weighted by Gasteiger charge is -2.15. The van der Waals surface area contributed by atoms with Crippen LogP contribution in [0.25, 0.3) is 11.3 Å². The largest absolute Gasteiger partial charge is 0.493 e. The zero-order valence-electron chi connectivity index (χ0n) is 18.9. The monoisotopic (exact) mass is 420 g/mol. The number of rotatable bonds is 10. The van der Waals surface area contributed by atoms with Crippen LogP contribution in [-0.4, -0.2) is 24.7 Å². The number of nitrogens with zero attached hydrogens (tertiary/aromatic N) is 1. The highest BCUT2D eigenvalue weighted by Crippen LogP contribution is 2.31. The van der Waals surface area contributed by atoms with Crippen LogP contribution in [0, 0.1) is 6.92 Å². The third kappa shape index (κ3) is 5.10. The van der Waals surface area contributed by atoms with Crippen LogP contribution in [-0.2, 0) is 13.0 Å². The second kappa shape index (κ2) is 10.2. The summed E-state index contributed by atoms with van der Waals surface area (Å²) in [4.78, 5) is 12.0. The van der Waals surface area contributed by atoms with E-state index in [2.05, 4.69) is 35.8 Å². The van der Waals surface area contributed by atoms with Crippen LogP contribution in [0.5, 0.6) is 11.5 Å². The summed E-state index contributed by atoms with van der Waals surface area (Å²) in [5.41, 5.74) is 11.5. The minimum atomic E-state index is -0.416. The molecule has 0 fully saturated rings. The molecule has 31 heavy (non-hydrogen) atoms. The van der Waals surface area contributed by atoms with Crippen LogP contribution < -0.4 is 15.2 Å². The van der Waals surface area contributed by atoms with Crippen molar-refractivity contribution in [2.75, 3.05) is 14.2 Å². The molecular formula is C26H32N2O3. The van der Waals surface area contributed by atoms with Crippen molar-refractivity contribution in [1.82, 2.24) is 4.57 Å². The summed E-state index contributed by atoms with van der Waals surface area (Å²) in [6.07, 6.45) is 4.76. The first kappa shape index (κ1) is 22.5. The number of nitrogens with two attached hydrogens (primary N) is 1. The molecule has 0 saturated heterocycles. The van der Waals surface area contributed by atoms with Crippen molar-refractivity contribution >= 4 is 5.91 Å². The number of carbonyl (C=O) groups is 1. The summed E-state index contributed by atoms with van der Waals surface area (Å²) in [6, 6.07) is 16.4. The van der Waals surface area contributed by atoms with Gasteiger partial charge in [0.2, 0.25) is 0 Å². The summed E-state index contributed by atoms with van der Waals surface area (Å²) in [5, 5.41) is 0. The molecule has 1 heterocycles. The number of hydrogen-bond donors (Lipinski definition) is 1. The van der Waals surface area contributed by atoms with Crippen molar-refractivity contribution < 1.29 is 14.3 Å². The fourth-order valence-corrected chi connectivity index (χ4v) is 3.92. The summed E-state index contributed by atoms with van der Waals surface area (Å²) < 4.78 is 12.9. The van der Waals surface area contributed by atoms with Crippen molar-refractivity contribution in [2.24, 2.45) is 5.73 Å². The Morgan fingerprint density at radius 2 is 1.61 bits per heavy atom. The first-order chi connectivity index (χ1) is 15.0. The fourth-order valence-electron chi connectivity index (χ4n) is 3.92. The Balaban J connectivity index is 1.96. The molecule has 3 aromatic rings. The quantitative estimate of drug-likeness (QED) is 0.449. The number of aryl methyl sites for hydroxylation is 1. The van der Waals surface area contributed by atoms with E-state index in [1.165, 1.54) is 24.8 Å². The Morgan fingerprint density at radius 3 is 2.23 bits per heavy atom. The van der Waals surface area contributed by atoms with Crippen LogP contribution in [0.2, 0.25) is 0 Å². The van der Waals surface area contributed by atoms with Gasteiger partial charge in [-0.05, 0) is 54.7 Å². The predicted molar refractivity (Wildman–Crippen MR) is 125 cm³/mol. The molecule has 0 aliphatic heterocycles. The van der Waals surface area contributed by atoms with Crippen LogP contribution in [0.4, 0.5) is 0 Å². The molecule has 0 saturated carbocycles. The van der Waals surface area contributed by atoms with Gasteiger partial charge in [0.05, 0.1) is 19.8 Å². The van der Waals surface area contributed by atoms with E-state index in [0.29, 0.717) is 23.6 Å². The van der Waals surface area contributed by atoms with Crippen molar-refractivity contribution in [3.63, 3.8) is 0 Å². The lowest BCUT2D eigenvalue weighted by molar-refractivity contribution is 0.0999. The average Bonchev–Trinajstić information content (AvgIpc) is 3.10. The van der Waals surface area contributed by atoms with Crippen LogP contribution in [0.3, 0.4) is 0 Å². The summed E-state index contributed by atoms with van der Waals surface area (Å²) in [6.45, 7) is 4.74. The molecule has 5 heteroatoms. The molecule has 1 amide bonds. The summed E-state index contributed by atoms with van der Waals surface area (Å²) in [5.74, 6) is 0.950. The average molecular weight is 421 g/mol. The van der Waals surface area contributed by atoms with E-state index >= 15 is 0 Å². The number of ether oxygens (including phenoxy) is 2. The number of hydrogen-bond acceptors (Lipinski definition) is 3. The van der Waals surface area contributed by atoms with Crippen LogP contribution >= 0.6 is 0 Å². The molecule has 0 bridgehead atoms. The maximum Gasteiger partial charge on any atom is 0.250 e. The molecule has 1 aromatic heterocycles. The van der Waals surface area contributed by atoms with Crippen molar-refractivity contribution in [3.05, 3.63) is 70.9 Å². The Morgan fingerprint density at radius 1 is 0.935 bits per heavy atom. The third-order valence-electron chi connectivity index (χ3n) is 5.74. The summed E-state index contributed by atoms with van der Waals surface area (Å²) in [7, 11) is 3.25. The Hall–Kier alpha value is -3.21. The first-order valence-corrected chi connectivity index (χ1v) is 10.8. The zero-order chi connectivity index (χ0) is 22.4. The number of unbranched alkanes of at least 4 members (excludes halogenated alkanes) is 2. The molecule has 0 aliphatic carbocycles. The second-order valence-corrected chi connectivity index (χ2v) is 7.82. The van der Waals surface area contributed by atoms with Crippen molar-refractivity contribution in [3.8, 4) is 22.8 Å². The molecule has 0 aliphatic rings. The second-order valence-electron chi connectivity index (χ2n) is 7.82. The number of primary amides is 1. The van der Waals surface area contributed by atoms with Gasteiger partial charge in [-0.1, -0.05) is 50.1 Å². The molecule has 164 valence electrons. The van der Waals surface area contributed by atoms with Gasteiger partial charge in [-0.2, -0.15) is 0 Å². The van der Waals surface area contributed by atoms with Gasteiger partial charge in [-0.3, -0.25) is 4.79 Å². The van der Waals surface area contributed by atoms with Gasteiger partial charge in [0.15, 0.2) is 11.5 Å². The van der Waals surface area contributed by atoms with Gasteiger partial charge < -0.3 is 19.8 Å². The van der Waals surface area contributed by atoms with E-state index in [1.54, 1.807) is 14.2 Å². The van der Waals surface area contributed by atoms with E-state index in [4.69, 9.17) is 15.2 Å². The van der Waals surface area contributed by atoms with E-state index in [-0.39, 0.29) is 0 Å². The molecule has 5 nitrogen and oxygen atoms in total. The number of benzene rings is 2. The van der Waals surface area contributed by atoms with Gasteiger partial charge in [0.25, 0.3) is 5.91 Å². The minimum absolute atomic E-state index is 0.416. The molecule has 0 atom stereocenters. The van der Waals surface area contributed by atoms with Gasteiger partial charge in [-0.15, -0.1) is 0 Å². The molecule has 0 unspecified atom stereocenters. The molecule has 0 radical (unpaired) electrons. The van der Waals surface area contributed by atoms with Crippen molar-refractivity contribution in [2.45, 2.75) is 46.1 Å². The fraction of sp³-hybridized carbons (Fsp3) is 0.346. The van der Waals surface area contributed by atoms with Gasteiger partial charge in [0, 0.05) is 17.9 Å². The molecule has 0 spiro atoms. The van der Waals surface area contributed by atoms with Crippen molar-refractivity contribution in [1.29, 1.82) is 0 Å².